The first-order chi connectivity index (χ1) is 15.3. The second-order valence-corrected chi connectivity index (χ2v) is 8.40. The minimum absolute atomic E-state index is 0.243. The van der Waals surface area contributed by atoms with Crippen molar-refractivity contribution in [1.82, 2.24) is 33.8 Å². The molecule has 170 valence electrons. The Balaban J connectivity index is 1.57. The largest absolute Gasteiger partial charge is 0.346 e. The molecule has 0 bridgehead atoms. The number of piperazine rings is 1. The van der Waals surface area contributed by atoms with Crippen LogP contribution in [0.3, 0.4) is 0 Å². The Morgan fingerprint density at radius 3 is 2.44 bits per heavy atom. The number of likely N-dealkylation sites (N-methyl/N-ethyl adjacent to an activating group) is 1. The Labute approximate surface area is 185 Å². The van der Waals surface area contributed by atoms with E-state index in [2.05, 4.69) is 27.1 Å². The highest BCUT2D eigenvalue weighted by Crippen LogP contribution is 2.15. The molecule has 10 heteroatoms. The molecule has 2 aromatic heterocycles. The van der Waals surface area contributed by atoms with Crippen LogP contribution in [0.1, 0.15) is 11.6 Å². The SMILES string of the molecule is CN1CCN(CC(NC(=O)Cn2c(=O)c3c(ncn3C)n(C)c2=O)c2ccccc2)CC1. The van der Waals surface area contributed by atoms with E-state index in [1.165, 1.54) is 10.9 Å². The van der Waals surface area contributed by atoms with Gasteiger partial charge in [-0.1, -0.05) is 30.3 Å². The van der Waals surface area contributed by atoms with E-state index in [-0.39, 0.29) is 24.0 Å². The van der Waals surface area contributed by atoms with Crippen molar-refractivity contribution in [3.63, 3.8) is 0 Å². The molecule has 0 aliphatic carbocycles. The summed E-state index contributed by atoms with van der Waals surface area (Å²) >= 11 is 0. The lowest BCUT2D eigenvalue weighted by Gasteiger charge is -2.35. The Morgan fingerprint density at radius 2 is 1.75 bits per heavy atom. The summed E-state index contributed by atoms with van der Waals surface area (Å²) in [6.45, 7) is 4.12. The highest BCUT2D eigenvalue weighted by molar-refractivity contribution is 5.77. The van der Waals surface area contributed by atoms with Crippen LogP contribution in [0.4, 0.5) is 0 Å². The average Bonchev–Trinajstić information content (AvgIpc) is 3.18. The normalized spacial score (nSPS) is 16.3. The van der Waals surface area contributed by atoms with Crippen LogP contribution < -0.4 is 16.6 Å². The molecule has 1 saturated heterocycles. The fraction of sp³-hybridized carbons (Fsp3) is 0.455. The first kappa shape index (κ1) is 22.0. The summed E-state index contributed by atoms with van der Waals surface area (Å²) in [4.78, 5) is 47.4. The van der Waals surface area contributed by atoms with Crippen molar-refractivity contribution in [3.05, 3.63) is 63.1 Å². The summed E-state index contributed by atoms with van der Waals surface area (Å²) in [5, 5.41) is 3.05. The number of aryl methyl sites for hydroxylation is 2. The summed E-state index contributed by atoms with van der Waals surface area (Å²) in [6.07, 6.45) is 1.48. The number of imidazole rings is 1. The molecular weight excluding hydrogens is 410 g/mol. The van der Waals surface area contributed by atoms with Gasteiger partial charge < -0.3 is 14.8 Å². The lowest BCUT2D eigenvalue weighted by Crippen LogP contribution is -2.49. The third-order valence-electron chi connectivity index (χ3n) is 6.08. The predicted molar refractivity (Wildman–Crippen MR) is 121 cm³/mol. The number of nitrogens with zero attached hydrogens (tertiary/aromatic N) is 6. The van der Waals surface area contributed by atoms with Gasteiger partial charge in [0.05, 0.1) is 12.4 Å². The average molecular weight is 440 g/mol. The van der Waals surface area contributed by atoms with E-state index >= 15 is 0 Å². The number of carbonyl (C=O) groups excluding carboxylic acids is 1. The molecule has 1 fully saturated rings. The Bertz CT molecular complexity index is 1220. The topological polar surface area (TPSA) is 97.4 Å². The van der Waals surface area contributed by atoms with Gasteiger partial charge in [-0.25, -0.2) is 14.3 Å². The number of hydrogen-bond acceptors (Lipinski definition) is 6. The summed E-state index contributed by atoms with van der Waals surface area (Å²) in [7, 11) is 5.34. The highest BCUT2D eigenvalue weighted by Gasteiger charge is 2.23. The zero-order chi connectivity index (χ0) is 22.8. The minimum atomic E-state index is -0.563. The van der Waals surface area contributed by atoms with Crippen LogP contribution in [-0.4, -0.2) is 74.2 Å². The lowest BCUT2D eigenvalue weighted by molar-refractivity contribution is -0.122. The molecule has 1 atom stereocenters. The first-order valence-electron chi connectivity index (χ1n) is 10.7. The van der Waals surface area contributed by atoms with Crippen LogP contribution in [0.2, 0.25) is 0 Å². The molecule has 1 N–H and O–H groups in total. The lowest BCUT2D eigenvalue weighted by atomic mass is 10.1. The first-order valence-corrected chi connectivity index (χ1v) is 10.7. The van der Waals surface area contributed by atoms with Gasteiger partial charge in [0, 0.05) is 46.8 Å². The van der Waals surface area contributed by atoms with Crippen molar-refractivity contribution >= 4 is 17.1 Å². The maximum Gasteiger partial charge on any atom is 0.332 e. The molecule has 32 heavy (non-hydrogen) atoms. The van der Waals surface area contributed by atoms with Crippen LogP contribution in [0.25, 0.3) is 11.2 Å². The number of aromatic nitrogens is 4. The summed E-state index contributed by atoms with van der Waals surface area (Å²) in [5.74, 6) is -0.381. The van der Waals surface area contributed by atoms with E-state index in [0.29, 0.717) is 12.2 Å². The van der Waals surface area contributed by atoms with Gasteiger partial charge in [0.25, 0.3) is 5.56 Å². The zero-order valence-corrected chi connectivity index (χ0v) is 18.7. The maximum atomic E-state index is 13.0. The number of carbonyl (C=O) groups is 1. The maximum absolute atomic E-state index is 13.0. The predicted octanol–water partition coefficient (Wildman–Crippen LogP) is -0.461. The molecule has 0 radical (unpaired) electrons. The molecule has 1 aliphatic heterocycles. The standard InChI is InChI=1S/C22H29N7O3/c1-25-9-11-28(12-10-25)13-17(16-7-5-4-6-8-16)24-18(30)14-29-21(31)19-20(23-15-26(19)2)27(3)22(29)32/h4-8,15,17H,9-14H2,1-3H3,(H,24,30). The highest BCUT2D eigenvalue weighted by atomic mass is 16.2. The van der Waals surface area contributed by atoms with E-state index in [9.17, 15) is 14.4 Å². The number of benzene rings is 1. The number of fused-ring (bicyclic) bond motifs is 1. The molecule has 0 saturated carbocycles. The van der Waals surface area contributed by atoms with Gasteiger partial charge in [0.2, 0.25) is 5.91 Å². The third kappa shape index (κ3) is 4.37. The number of rotatable bonds is 6. The van der Waals surface area contributed by atoms with Crippen molar-refractivity contribution in [3.8, 4) is 0 Å². The van der Waals surface area contributed by atoms with Gasteiger partial charge in [-0.15, -0.1) is 0 Å². The molecule has 1 aliphatic rings. The van der Waals surface area contributed by atoms with Crippen molar-refractivity contribution in [2.24, 2.45) is 14.1 Å². The Kier molecular flexibility index (Phi) is 6.24. The van der Waals surface area contributed by atoms with Gasteiger partial charge >= 0.3 is 5.69 Å². The molecule has 3 heterocycles. The minimum Gasteiger partial charge on any atom is -0.346 e. The zero-order valence-electron chi connectivity index (χ0n) is 18.7. The fourth-order valence-corrected chi connectivity index (χ4v) is 4.13. The second kappa shape index (κ2) is 9.09. The van der Waals surface area contributed by atoms with E-state index in [0.717, 1.165) is 36.3 Å². The second-order valence-electron chi connectivity index (χ2n) is 8.40. The van der Waals surface area contributed by atoms with E-state index in [1.54, 1.807) is 18.7 Å². The number of amides is 1. The van der Waals surface area contributed by atoms with Crippen LogP contribution in [0.5, 0.6) is 0 Å². The fourth-order valence-electron chi connectivity index (χ4n) is 4.13. The van der Waals surface area contributed by atoms with E-state index < -0.39 is 11.2 Å². The van der Waals surface area contributed by atoms with Crippen molar-refractivity contribution in [2.75, 3.05) is 39.8 Å². The van der Waals surface area contributed by atoms with Gasteiger partial charge in [-0.2, -0.15) is 0 Å². The molecule has 4 rings (SSSR count). The van der Waals surface area contributed by atoms with E-state index in [1.807, 2.05) is 30.3 Å². The molecular formula is C22H29N7O3. The number of nitrogens with one attached hydrogen (secondary N) is 1. The smallest absolute Gasteiger partial charge is 0.332 e. The summed E-state index contributed by atoms with van der Waals surface area (Å²) in [5.41, 5.74) is 0.496. The Hall–Kier alpha value is -3.24. The van der Waals surface area contributed by atoms with Crippen LogP contribution >= 0.6 is 0 Å². The molecule has 10 nitrogen and oxygen atoms in total. The van der Waals surface area contributed by atoms with Crippen molar-refractivity contribution in [1.29, 1.82) is 0 Å². The summed E-state index contributed by atoms with van der Waals surface area (Å²) < 4.78 is 3.83. The van der Waals surface area contributed by atoms with Crippen LogP contribution in [-0.2, 0) is 25.4 Å². The molecule has 0 spiro atoms. The molecule has 1 aromatic carbocycles. The monoisotopic (exact) mass is 439 g/mol. The number of hydrogen-bond donors (Lipinski definition) is 1. The van der Waals surface area contributed by atoms with E-state index in [4.69, 9.17) is 0 Å². The molecule has 3 aromatic rings. The molecule has 1 unspecified atom stereocenters. The third-order valence-corrected chi connectivity index (χ3v) is 6.08. The summed E-state index contributed by atoms with van der Waals surface area (Å²) in [6, 6.07) is 9.53. The van der Waals surface area contributed by atoms with Crippen molar-refractivity contribution in [2.45, 2.75) is 12.6 Å². The Morgan fingerprint density at radius 1 is 1.06 bits per heavy atom. The van der Waals surface area contributed by atoms with Crippen LogP contribution in [0.15, 0.2) is 46.2 Å². The molecule has 1 amide bonds. The quantitative estimate of drug-likeness (QED) is 0.558. The van der Waals surface area contributed by atoms with Gasteiger partial charge in [-0.3, -0.25) is 19.1 Å². The van der Waals surface area contributed by atoms with Gasteiger partial charge in [0.1, 0.15) is 6.54 Å². The van der Waals surface area contributed by atoms with Crippen LogP contribution in [0, 0.1) is 0 Å². The van der Waals surface area contributed by atoms with Gasteiger partial charge in [0.15, 0.2) is 11.2 Å². The van der Waals surface area contributed by atoms with Gasteiger partial charge in [-0.05, 0) is 12.6 Å². The van der Waals surface area contributed by atoms with Crippen molar-refractivity contribution < 1.29 is 4.79 Å².